The van der Waals surface area contributed by atoms with Crippen molar-refractivity contribution in [3.05, 3.63) is 12.2 Å². The van der Waals surface area contributed by atoms with Crippen molar-refractivity contribution in [1.82, 2.24) is 10.6 Å². The van der Waals surface area contributed by atoms with E-state index in [1.165, 1.54) is 12.0 Å². The molecule has 1 rings (SSSR count). The smallest absolute Gasteiger partial charge is 0.0207 e. The molecule has 1 unspecified atom stereocenters. The Hall–Kier alpha value is -0.340. The molecule has 1 atom stereocenters. The molecule has 0 aromatic rings. The molecule has 0 spiro atoms. The van der Waals surface area contributed by atoms with Crippen LogP contribution in [0.25, 0.3) is 0 Å². The van der Waals surface area contributed by atoms with Crippen LogP contribution >= 0.6 is 0 Å². The molecule has 2 nitrogen and oxygen atoms in total. The van der Waals surface area contributed by atoms with E-state index in [4.69, 9.17) is 0 Å². The van der Waals surface area contributed by atoms with E-state index in [1.54, 1.807) is 0 Å². The third-order valence-electron chi connectivity index (χ3n) is 1.75. The van der Waals surface area contributed by atoms with Gasteiger partial charge in [0.1, 0.15) is 0 Å². The number of hydrogen-bond acceptors (Lipinski definition) is 2. The van der Waals surface area contributed by atoms with Gasteiger partial charge in [-0.1, -0.05) is 12.2 Å². The van der Waals surface area contributed by atoms with E-state index in [0.717, 1.165) is 19.6 Å². The van der Waals surface area contributed by atoms with Crippen LogP contribution < -0.4 is 10.6 Å². The summed E-state index contributed by atoms with van der Waals surface area (Å²) >= 11 is 0. The third kappa shape index (κ3) is 2.50. The third-order valence-corrected chi connectivity index (χ3v) is 1.75. The maximum atomic E-state index is 3.83. The second kappa shape index (κ2) is 3.74. The van der Waals surface area contributed by atoms with Gasteiger partial charge >= 0.3 is 0 Å². The Bertz CT molecular complexity index is 114. The lowest BCUT2D eigenvalue weighted by molar-refractivity contribution is 0.575. The molecule has 1 fully saturated rings. The second-order valence-corrected chi connectivity index (χ2v) is 3.03. The lowest BCUT2D eigenvalue weighted by Crippen LogP contribution is -2.31. The normalized spacial score (nSPS) is 25.1. The first kappa shape index (κ1) is 7.76. The van der Waals surface area contributed by atoms with E-state index in [1.807, 2.05) is 0 Å². The van der Waals surface area contributed by atoms with Crippen molar-refractivity contribution in [3.63, 3.8) is 0 Å². The van der Waals surface area contributed by atoms with E-state index in [9.17, 15) is 0 Å². The highest BCUT2D eigenvalue weighted by molar-refractivity contribution is 4.92. The minimum absolute atomic E-state index is 0.677. The molecule has 2 heteroatoms. The zero-order chi connectivity index (χ0) is 7.40. The largest absolute Gasteiger partial charge is 0.315 e. The standard InChI is InChI=1S/C8H16N2/c1-7(2)5-10-8-3-4-9-6-8/h8-10H,1,3-6H2,2H3. The van der Waals surface area contributed by atoms with Gasteiger partial charge in [-0.05, 0) is 19.9 Å². The SMILES string of the molecule is C=C(C)CNC1CCNC1. The molecule has 1 aliphatic rings. The maximum absolute atomic E-state index is 3.83. The summed E-state index contributed by atoms with van der Waals surface area (Å²) in [6, 6.07) is 0.677. The van der Waals surface area contributed by atoms with Gasteiger partial charge in [-0.2, -0.15) is 0 Å². The van der Waals surface area contributed by atoms with Crippen molar-refractivity contribution >= 4 is 0 Å². The van der Waals surface area contributed by atoms with Gasteiger partial charge < -0.3 is 10.6 Å². The summed E-state index contributed by atoms with van der Waals surface area (Å²) < 4.78 is 0. The summed E-state index contributed by atoms with van der Waals surface area (Å²) in [5.74, 6) is 0. The molecule has 1 saturated heterocycles. The first-order valence-electron chi connectivity index (χ1n) is 3.87. The van der Waals surface area contributed by atoms with Crippen LogP contribution in [0.4, 0.5) is 0 Å². The van der Waals surface area contributed by atoms with E-state index < -0.39 is 0 Å². The molecule has 10 heavy (non-hydrogen) atoms. The zero-order valence-electron chi connectivity index (χ0n) is 6.61. The van der Waals surface area contributed by atoms with Crippen molar-refractivity contribution in [2.75, 3.05) is 19.6 Å². The molecule has 0 aromatic carbocycles. The van der Waals surface area contributed by atoms with Crippen LogP contribution in [-0.2, 0) is 0 Å². The molecule has 0 bridgehead atoms. The van der Waals surface area contributed by atoms with Crippen LogP contribution in [0.1, 0.15) is 13.3 Å². The van der Waals surface area contributed by atoms with Crippen molar-refractivity contribution in [1.29, 1.82) is 0 Å². The summed E-state index contributed by atoms with van der Waals surface area (Å²) in [5, 5.41) is 6.72. The maximum Gasteiger partial charge on any atom is 0.0207 e. The Morgan fingerprint density at radius 2 is 2.60 bits per heavy atom. The summed E-state index contributed by atoms with van der Waals surface area (Å²) in [5.41, 5.74) is 1.21. The quantitative estimate of drug-likeness (QED) is 0.558. The van der Waals surface area contributed by atoms with Gasteiger partial charge in [-0.25, -0.2) is 0 Å². The second-order valence-electron chi connectivity index (χ2n) is 3.03. The van der Waals surface area contributed by atoms with Gasteiger partial charge in [0, 0.05) is 19.1 Å². The van der Waals surface area contributed by atoms with Crippen LogP contribution in [-0.4, -0.2) is 25.7 Å². The Morgan fingerprint density at radius 1 is 1.80 bits per heavy atom. The summed E-state index contributed by atoms with van der Waals surface area (Å²) in [6.45, 7) is 9.13. The zero-order valence-corrected chi connectivity index (χ0v) is 6.61. The van der Waals surface area contributed by atoms with E-state index in [2.05, 4.69) is 24.1 Å². The minimum atomic E-state index is 0.677. The highest BCUT2D eigenvalue weighted by Gasteiger charge is 2.12. The van der Waals surface area contributed by atoms with E-state index >= 15 is 0 Å². The first-order chi connectivity index (χ1) is 4.79. The molecule has 0 aliphatic carbocycles. The molecule has 1 heterocycles. The van der Waals surface area contributed by atoms with Crippen LogP contribution in [0.3, 0.4) is 0 Å². The molecule has 0 saturated carbocycles. The lowest BCUT2D eigenvalue weighted by atomic mass is 10.2. The molecule has 0 amide bonds. The number of nitrogens with one attached hydrogen (secondary N) is 2. The van der Waals surface area contributed by atoms with Crippen molar-refractivity contribution in [3.8, 4) is 0 Å². The Balaban J connectivity index is 2.07. The first-order valence-corrected chi connectivity index (χ1v) is 3.87. The summed E-state index contributed by atoms with van der Waals surface area (Å²) in [7, 11) is 0. The highest BCUT2D eigenvalue weighted by atomic mass is 15.0. The Morgan fingerprint density at radius 3 is 3.10 bits per heavy atom. The van der Waals surface area contributed by atoms with Crippen LogP contribution in [0.2, 0.25) is 0 Å². The molecule has 1 aliphatic heterocycles. The average Bonchev–Trinajstić information content (AvgIpc) is 2.34. The van der Waals surface area contributed by atoms with Crippen LogP contribution in [0.5, 0.6) is 0 Å². The predicted molar refractivity (Wildman–Crippen MR) is 44.1 cm³/mol. The molecular formula is C8H16N2. The monoisotopic (exact) mass is 140 g/mol. The molecule has 0 aromatic heterocycles. The topological polar surface area (TPSA) is 24.1 Å². The summed E-state index contributed by atoms with van der Waals surface area (Å²) in [4.78, 5) is 0. The number of hydrogen-bond donors (Lipinski definition) is 2. The molecule has 2 N–H and O–H groups in total. The van der Waals surface area contributed by atoms with Crippen LogP contribution in [0, 0.1) is 0 Å². The lowest BCUT2D eigenvalue weighted by Gasteiger charge is -2.09. The van der Waals surface area contributed by atoms with Gasteiger partial charge in [0.05, 0.1) is 0 Å². The van der Waals surface area contributed by atoms with Crippen molar-refractivity contribution in [2.24, 2.45) is 0 Å². The average molecular weight is 140 g/mol. The van der Waals surface area contributed by atoms with Gasteiger partial charge in [-0.3, -0.25) is 0 Å². The number of rotatable bonds is 3. The van der Waals surface area contributed by atoms with Gasteiger partial charge in [0.25, 0.3) is 0 Å². The molecule has 0 radical (unpaired) electrons. The summed E-state index contributed by atoms with van der Waals surface area (Å²) in [6.07, 6.45) is 1.26. The molecular weight excluding hydrogens is 124 g/mol. The predicted octanol–water partition coefficient (Wildman–Crippen LogP) is 0.514. The van der Waals surface area contributed by atoms with E-state index in [-0.39, 0.29) is 0 Å². The van der Waals surface area contributed by atoms with E-state index in [0.29, 0.717) is 6.04 Å². The fraction of sp³-hybridized carbons (Fsp3) is 0.750. The Labute approximate surface area is 62.7 Å². The van der Waals surface area contributed by atoms with Gasteiger partial charge in [0.2, 0.25) is 0 Å². The fourth-order valence-electron chi connectivity index (χ4n) is 1.15. The Kier molecular flexibility index (Phi) is 2.90. The van der Waals surface area contributed by atoms with Gasteiger partial charge in [0.15, 0.2) is 0 Å². The van der Waals surface area contributed by atoms with Crippen molar-refractivity contribution in [2.45, 2.75) is 19.4 Å². The highest BCUT2D eigenvalue weighted by Crippen LogP contribution is 1.97. The minimum Gasteiger partial charge on any atom is -0.315 e. The van der Waals surface area contributed by atoms with Crippen molar-refractivity contribution < 1.29 is 0 Å². The van der Waals surface area contributed by atoms with Crippen LogP contribution in [0.15, 0.2) is 12.2 Å². The fourth-order valence-corrected chi connectivity index (χ4v) is 1.15. The van der Waals surface area contributed by atoms with Gasteiger partial charge in [-0.15, -0.1) is 0 Å². The molecule has 58 valence electrons.